The number of hydrogen-bond acceptors (Lipinski definition) is 4. The van der Waals surface area contributed by atoms with E-state index in [0.29, 0.717) is 36.0 Å². The molecular weight excluding hydrogens is 302 g/mol. The second kappa shape index (κ2) is 5.61. The summed E-state index contributed by atoms with van der Waals surface area (Å²) in [4.78, 5) is 21.0. The van der Waals surface area contributed by atoms with Gasteiger partial charge in [0.15, 0.2) is 11.6 Å². The van der Waals surface area contributed by atoms with Gasteiger partial charge in [0.1, 0.15) is 6.61 Å². The van der Waals surface area contributed by atoms with Crippen molar-refractivity contribution in [2.45, 2.75) is 44.2 Å². The van der Waals surface area contributed by atoms with Gasteiger partial charge in [-0.1, -0.05) is 11.6 Å². The van der Waals surface area contributed by atoms with Crippen molar-refractivity contribution in [3.05, 3.63) is 17.3 Å². The summed E-state index contributed by atoms with van der Waals surface area (Å²) in [6.45, 7) is 2.49. The third-order valence-electron chi connectivity index (χ3n) is 4.99. The van der Waals surface area contributed by atoms with Crippen LogP contribution in [0.2, 0.25) is 5.02 Å². The third-order valence-corrected chi connectivity index (χ3v) is 5.20. The molecule has 0 bridgehead atoms. The van der Waals surface area contributed by atoms with Crippen LogP contribution in [0.5, 0.6) is 5.75 Å². The lowest BCUT2D eigenvalue weighted by atomic mass is 9.93. The number of halogens is 1. The zero-order chi connectivity index (χ0) is 15.1. The van der Waals surface area contributed by atoms with Crippen LogP contribution >= 0.6 is 11.6 Å². The minimum absolute atomic E-state index is 0.301. The fourth-order valence-electron chi connectivity index (χ4n) is 3.88. The minimum Gasteiger partial charge on any atom is -0.488 e. The highest BCUT2D eigenvalue weighted by atomic mass is 35.5. The highest BCUT2D eigenvalue weighted by molar-refractivity contribution is 6.30. The zero-order valence-electron chi connectivity index (χ0n) is 12.5. The average Bonchev–Trinajstić information content (AvgIpc) is 2.54. The van der Waals surface area contributed by atoms with Gasteiger partial charge in [-0.25, -0.2) is 4.98 Å². The lowest BCUT2D eigenvalue weighted by Crippen LogP contribution is -2.55. The van der Waals surface area contributed by atoms with Crippen molar-refractivity contribution in [2.24, 2.45) is 0 Å². The number of anilines is 1. The smallest absolute Gasteiger partial charge is 0.222 e. The number of ether oxygens (including phenoxy) is 1. The number of carbonyl (C=O) groups is 1. The molecule has 118 valence electrons. The number of carbonyl (C=O) groups excluding carboxylic acids is 1. The molecule has 0 radical (unpaired) electrons. The Morgan fingerprint density at radius 2 is 2.14 bits per heavy atom. The van der Waals surface area contributed by atoms with E-state index in [4.69, 9.17) is 16.3 Å². The number of pyridine rings is 1. The molecule has 1 amide bonds. The van der Waals surface area contributed by atoms with E-state index in [1.807, 2.05) is 6.07 Å². The van der Waals surface area contributed by atoms with Crippen molar-refractivity contribution in [1.82, 2.24) is 9.88 Å². The Balaban J connectivity index is 1.51. The van der Waals surface area contributed by atoms with Crippen LogP contribution in [0, 0.1) is 0 Å². The number of piperidine rings is 2. The summed E-state index contributed by atoms with van der Waals surface area (Å²) in [6, 6.07) is 2.49. The molecule has 22 heavy (non-hydrogen) atoms. The summed E-state index contributed by atoms with van der Waals surface area (Å²) in [5, 5.41) is 0.603. The van der Waals surface area contributed by atoms with Crippen LogP contribution in [0.15, 0.2) is 12.3 Å². The molecule has 0 saturated carbocycles. The van der Waals surface area contributed by atoms with Crippen molar-refractivity contribution in [3.8, 4) is 5.75 Å². The molecular formula is C16H20ClN3O2. The van der Waals surface area contributed by atoms with E-state index in [9.17, 15) is 4.79 Å². The molecule has 2 fully saturated rings. The van der Waals surface area contributed by atoms with Crippen LogP contribution in [0.3, 0.4) is 0 Å². The number of likely N-dealkylation sites (tertiary alicyclic amines) is 1. The second-order valence-electron chi connectivity index (χ2n) is 6.36. The number of nitrogens with zero attached hydrogens (tertiary/aromatic N) is 3. The predicted octanol–water partition coefficient (Wildman–Crippen LogP) is 2.48. The van der Waals surface area contributed by atoms with E-state index in [1.54, 1.807) is 6.20 Å². The van der Waals surface area contributed by atoms with E-state index < -0.39 is 0 Å². The van der Waals surface area contributed by atoms with Gasteiger partial charge >= 0.3 is 0 Å². The molecule has 4 rings (SSSR count). The average molecular weight is 322 g/mol. The van der Waals surface area contributed by atoms with Gasteiger partial charge in [0, 0.05) is 37.8 Å². The molecule has 1 aromatic heterocycles. The summed E-state index contributed by atoms with van der Waals surface area (Å²) < 4.78 is 5.84. The molecule has 5 nitrogen and oxygen atoms in total. The van der Waals surface area contributed by atoms with Crippen LogP contribution < -0.4 is 9.64 Å². The Morgan fingerprint density at radius 3 is 3.00 bits per heavy atom. The van der Waals surface area contributed by atoms with Crippen molar-refractivity contribution in [1.29, 1.82) is 0 Å². The fraction of sp³-hybridized carbons (Fsp3) is 0.625. The Bertz CT molecular complexity index is 595. The van der Waals surface area contributed by atoms with Crippen molar-refractivity contribution in [3.63, 3.8) is 0 Å². The normalized spacial score (nSPS) is 28.0. The summed E-state index contributed by atoms with van der Waals surface area (Å²) in [5.74, 6) is 1.99. The van der Waals surface area contributed by atoms with Crippen molar-refractivity contribution < 1.29 is 9.53 Å². The highest BCUT2D eigenvalue weighted by Crippen LogP contribution is 2.38. The topological polar surface area (TPSA) is 45.7 Å². The molecule has 0 aliphatic carbocycles. The molecule has 2 saturated heterocycles. The van der Waals surface area contributed by atoms with Gasteiger partial charge in [0.25, 0.3) is 0 Å². The Labute approximate surface area is 135 Å². The fourth-order valence-corrected chi connectivity index (χ4v) is 4.03. The Kier molecular flexibility index (Phi) is 3.60. The second-order valence-corrected chi connectivity index (χ2v) is 6.79. The summed E-state index contributed by atoms with van der Waals surface area (Å²) in [7, 11) is 0. The first-order valence-corrected chi connectivity index (χ1v) is 8.44. The lowest BCUT2D eigenvalue weighted by Gasteiger charge is -2.46. The van der Waals surface area contributed by atoms with Gasteiger partial charge < -0.3 is 14.5 Å². The molecule has 1 aromatic rings. The van der Waals surface area contributed by atoms with E-state index >= 15 is 0 Å². The van der Waals surface area contributed by atoms with Crippen LogP contribution in [-0.2, 0) is 4.79 Å². The van der Waals surface area contributed by atoms with E-state index in [0.717, 1.165) is 50.3 Å². The molecule has 3 aliphatic heterocycles. The van der Waals surface area contributed by atoms with Gasteiger partial charge in [0.05, 0.1) is 11.1 Å². The van der Waals surface area contributed by atoms with E-state index in [2.05, 4.69) is 14.8 Å². The first kappa shape index (κ1) is 14.1. The molecule has 4 heterocycles. The number of rotatable bonds is 1. The van der Waals surface area contributed by atoms with Gasteiger partial charge in [-0.15, -0.1) is 0 Å². The van der Waals surface area contributed by atoms with Crippen molar-refractivity contribution >= 4 is 23.3 Å². The monoisotopic (exact) mass is 321 g/mol. The SMILES string of the molecule is O=C1CCCCN1C1CCN2c3ncc(Cl)cc3OCC2C1. The Morgan fingerprint density at radius 1 is 1.23 bits per heavy atom. The highest BCUT2D eigenvalue weighted by Gasteiger charge is 2.38. The maximum absolute atomic E-state index is 12.1. The van der Waals surface area contributed by atoms with Gasteiger partial charge in [-0.2, -0.15) is 0 Å². The summed E-state index contributed by atoms with van der Waals surface area (Å²) in [6.07, 6.45) is 6.53. The molecule has 2 atom stereocenters. The van der Waals surface area contributed by atoms with Gasteiger partial charge in [0.2, 0.25) is 5.91 Å². The van der Waals surface area contributed by atoms with Crippen LogP contribution in [-0.4, -0.2) is 47.6 Å². The van der Waals surface area contributed by atoms with Crippen LogP contribution in [0.4, 0.5) is 5.82 Å². The summed E-state index contributed by atoms with van der Waals surface area (Å²) in [5.41, 5.74) is 0. The predicted molar refractivity (Wildman–Crippen MR) is 84.5 cm³/mol. The largest absolute Gasteiger partial charge is 0.488 e. The maximum atomic E-state index is 12.1. The van der Waals surface area contributed by atoms with Gasteiger partial charge in [-0.05, 0) is 25.7 Å². The first-order chi connectivity index (χ1) is 10.7. The maximum Gasteiger partial charge on any atom is 0.222 e. The van der Waals surface area contributed by atoms with Crippen LogP contribution in [0.25, 0.3) is 0 Å². The number of fused-ring (bicyclic) bond motifs is 3. The molecule has 6 heteroatoms. The molecule has 0 spiro atoms. The standard InChI is InChI=1S/C16H20ClN3O2/c17-11-7-14-16(18-9-11)20-6-4-12(8-13(20)10-22-14)19-5-2-1-3-15(19)21/h7,9,12-13H,1-6,8,10H2. The summed E-state index contributed by atoms with van der Waals surface area (Å²) >= 11 is 5.99. The van der Waals surface area contributed by atoms with Crippen LogP contribution in [0.1, 0.15) is 32.1 Å². The third kappa shape index (κ3) is 2.41. The molecule has 0 aromatic carbocycles. The molecule has 3 aliphatic rings. The lowest BCUT2D eigenvalue weighted by molar-refractivity contribution is -0.136. The minimum atomic E-state index is 0.301. The quantitative estimate of drug-likeness (QED) is 0.797. The number of hydrogen-bond donors (Lipinski definition) is 0. The van der Waals surface area contributed by atoms with Gasteiger partial charge in [-0.3, -0.25) is 4.79 Å². The van der Waals surface area contributed by atoms with E-state index in [-0.39, 0.29) is 0 Å². The van der Waals surface area contributed by atoms with Crippen molar-refractivity contribution in [2.75, 3.05) is 24.6 Å². The number of aromatic nitrogens is 1. The Hall–Kier alpha value is -1.49. The molecule has 2 unspecified atom stereocenters. The zero-order valence-corrected chi connectivity index (χ0v) is 13.3. The van der Waals surface area contributed by atoms with E-state index in [1.165, 1.54) is 0 Å². The number of amides is 1. The molecule has 0 N–H and O–H groups in total. The first-order valence-electron chi connectivity index (χ1n) is 8.07.